The average Bonchev–Trinajstić information content (AvgIpc) is 2.64. The van der Waals surface area contributed by atoms with E-state index in [0.717, 1.165) is 36.2 Å². The van der Waals surface area contributed by atoms with E-state index in [1.807, 2.05) is 0 Å². The number of benzene rings is 1. The van der Waals surface area contributed by atoms with Crippen LogP contribution in [0.3, 0.4) is 0 Å². The fourth-order valence-electron chi connectivity index (χ4n) is 4.90. The largest absolute Gasteiger partial charge is 0.204 e. The Morgan fingerprint density at radius 2 is 1.46 bits per heavy atom. The maximum absolute atomic E-state index is 13.5. The summed E-state index contributed by atoms with van der Waals surface area (Å²) in [5, 5.41) is 0. The summed E-state index contributed by atoms with van der Waals surface area (Å²) in [7, 11) is 0. The molecule has 26 heavy (non-hydrogen) atoms. The molecule has 2 heteroatoms. The van der Waals surface area contributed by atoms with Crippen LogP contribution in [0.25, 0.3) is 0 Å². The zero-order valence-electron chi connectivity index (χ0n) is 16.2. The number of rotatable bonds is 4. The van der Waals surface area contributed by atoms with Crippen LogP contribution in [0.4, 0.5) is 8.78 Å². The zero-order valence-corrected chi connectivity index (χ0v) is 16.2. The maximum Gasteiger partial charge on any atom is 0.159 e. The van der Waals surface area contributed by atoms with Gasteiger partial charge in [-0.2, -0.15) is 0 Å². The van der Waals surface area contributed by atoms with Gasteiger partial charge in [-0.15, -0.1) is 0 Å². The third kappa shape index (κ3) is 5.05. The van der Waals surface area contributed by atoms with Gasteiger partial charge in [-0.3, -0.25) is 0 Å². The van der Waals surface area contributed by atoms with Crippen molar-refractivity contribution < 1.29 is 8.78 Å². The summed E-state index contributed by atoms with van der Waals surface area (Å²) in [5.41, 5.74) is 2.34. The molecule has 2 aliphatic rings. The molecule has 0 atom stereocenters. The van der Waals surface area contributed by atoms with Gasteiger partial charge in [-0.05, 0) is 107 Å². The highest BCUT2D eigenvalue weighted by Crippen LogP contribution is 2.44. The Labute approximate surface area is 157 Å². The molecule has 0 spiro atoms. The Morgan fingerprint density at radius 1 is 0.846 bits per heavy atom. The van der Waals surface area contributed by atoms with Gasteiger partial charge in [-0.1, -0.05) is 29.9 Å². The molecule has 0 radical (unpaired) electrons. The molecule has 142 valence electrons. The first-order valence-corrected chi connectivity index (χ1v) is 10.3. The van der Waals surface area contributed by atoms with Gasteiger partial charge in [0.1, 0.15) is 0 Å². The van der Waals surface area contributed by atoms with Crippen molar-refractivity contribution in [1.82, 2.24) is 0 Å². The lowest BCUT2D eigenvalue weighted by atomic mass is 9.68. The molecule has 0 saturated heterocycles. The topological polar surface area (TPSA) is 0 Å². The highest BCUT2D eigenvalue weighted by molar-refractivity contribution is 5.22. The first-order valence-electron chi connectivity index (χ1n) is 10.3. The molecule has 0 bridgehead atoms. The second kappa shape index (κ2) is 8.97. The molecule has 3 rings (SSSR count). The summed E-state index contributed by atoms with van der Waals surface area (Å²) in [4.78, 5) is 0. The van der Waals surface area contributed by atoms with E-state index in [9.17, 15) is 8.78 Å². The Hall–Kier alpha value is -1.44. The molecule has 2 saturated carbocycles. The second-order valence-corrected chi connectivity index (χ2v) is 8.59. The molecule has 0 amide bonds. The third-order valence-electron chi connectivity index (χ3n) is 6.48. The fourth-order valence-corrected chi connectivity index (χ4v) is 4.90. The quantitative estimate of drug-likeness (QED) is 0.487. The predicted molar refractivity (Wildman–Crippen MR) is 105 cm³/mol. The predicted octanol–water partition coefficient (Wildman–Crippen LogP) is 7.57. The van der Waals surface area contributed by atoms with Gasteiger partial charge in [0, 0.05) is 0 Å². The van der Waals surface area contributed by atoms with Gasteiger partial charge < -0.3 is 0 Å². The van der Waals surface area contributed by atoms with Crippen molar-refractivity contribution in [2.75, 3.05) is 0 Å². The zero-order chi connectivity index (χ0) is 18.5. The van der Waals surface area contributed by atoms with Crippen molar-refractivity contribution in [3.05, 3.63) is 59.2 Å². The maximum atomic E-state index is 13.5. The van der Waals surface area contributed by atoms with Crippen LogP contribution in [-0.4, -0.2) is 0 Å². The van der Waals surface area contributed by atoms with Crippen molar-refractivity contribution in [3.8, 4) is 0 Å². The lowest BCUT2D eigenvalue weighted by molar-refractivity contribution is 0.171. The minimum Gasteiger partial charge on any atom is -0.204 e. The van der Waals surface area contributed by atoms with Crippen LogP contribution in [0.15, 0.2) is 42.0 Å². The van der Waals surface area contributed by atoms with Crippen molar-refractivity contribution in [2.45, 2.75) is 71.1 Å². The van der Waals surface area contributed by atoms with Crippen molar-refractivity contribution >= 4 is 0 Å². The van der Waals surface area contributed by atoms with Crippen LogP contribution < -0.4 is 0 Å². The van der Waals surface area contributed by atoms with Crippen LogP contribution in [0, 0.1) is 29.4 Å². The van der Waals surface area contributed by atoms with E-state index in [0.29, 0.717) is 5.92 Å². The smallest absolute Gasteiger partial charge is 0.159 e. The summed E-state index contributed by atoms with van der Waals surface area (Å²) >= 11 is 0. The monoisotopic (exact) mass is 358 g/mol. The average molecular weight is 359 g/mol. The van der Waals surface area contributed by atoms with Gasteiger partial charge in [0.05, 0.1) is 0 Å². The van der Waals surface area contributed by atoms with Gasteiger partial charge in [0.2, 0.25) is 0 Å². The number of allylic oxidation sites excluding steroid dienone is 4. The number of hydrogen-bond acceptors (Lipinski definition) is 0. The highest BCUT2D eigenvalue weighted by atomic mass is 19.2. The van der Waals surface area contributed by atoms with Crippen LogP contribution >= 0.6 is 0 Å². The highest BCUT2D eigenvalue weighted by Gasteiger charge is 2.30. The van der Waals surface area contributed by atoms with Crippen molar-refractivity contribution in [1.29, 1.82) is 0 Å². The Kier molecular flexibility index (Phi) is 6.67. The van der Waals surface area contributed by atoms with Crippen LogP contribution in [0.5, 0.6) is 0 Å². The van der Waals surface area contributed by atoms with E-state index in [-0.39, 0.29) is 0 Å². The first-order chi connectivity index (χ1) is 12.5. The van der Waals surface area contributed by atoms with Gasteiger partial charge in [0.15, 0.2) is 11.6 Å². The molecule has 1 aromatic rings. The fraction of sp³-hybridized carbons (Fsp3) is 0.583. The SMILES string of the molecule is CC(C)=C/C=C/C1CCC(C2CCC(c3ccc(F)c(F)c3)CC2)CC1. The molecule has 2 fully saturated rings. The van der Waals surface area contributed by atoms with Gasteiger partial charge in [0.25, 0.3) is 0 Å². The molecule has 0 unspecified atom stereocenters. The molecule has 0 aliphatic heterocycles. The van der Waals surface area contributed by atoms with Crippen molar-refractivity contribution in [2.24, 2.45) is 17.8 Å². The lowest BCUT2D eigenvalue weighted by Gasteiger charge is -2.37. The summed E-state index contributed by atoms with van der Waals surface area (Å²) < 4.78 is 26.6. The Morgan fingerprint density at radius 3 is 2.04 bits per heavy atom. The molecule has 2 aliphatic carbocycles. The molecule has 0 N–H and O–H groups in total. The normalized spacial score (nSPS) is 29.7. The standard InChI is InChI=1S/C24H32F2/c1-17(2)4-3-5-18-6-8-19(9-7-18)20-10-12-21(13-11-20)22-14-15-23(25)24(26)16-22/h3-5,14-16,18-21H,6-13H2,1-2H3/b5-3+. The van der Waals surface area contributed by atoms with E-state index in [1.54, 1.807) is 6.07 Å². The molecule has 0 heterocycles. The van der Waals surface area contributed by atoms with Crippen LogP contribution in [0.2, 0.25) is 0 Å². The molecular weight excluding hydrogens is 326 g/mol. The second-order valence-electron chi connectivity index (χ2n) is 8.59. The Balaban J connectivity index is 1.46. The van der Waals surface area contributed by atoms with Gasteiger partial charge >= 0.3 is 0 Å². The van der Waals surface area contributed by atoms with Crippen molar-refractivity contribution in [3.63, 3.8) is 0 Å². The molecule has 0 aromatic heterocycles. The summed E-state index contributed by atoms with van der Waals surface area (Å²) in [6.45, 7) is 4.27. The van der Waals surface area contributed by atoms with E-state index in [2.05, 4.69) is 32.1 Å². The van der Waals surface area contributed by atoms with E-state index >= 15 is 0 Å². The minimum atomic E-state index is -0.738. The summed E-state index contributed by atoms with van der Waals surface area (Å²) in [5.74, 6) is 1.42. The van der Waals surface area contributed by atoms with E-state index in [4.69, 9.17) is 0 Å². The molecular formula is C24H32F2. The van der Waals surface area contributed by atoms with Gasteiger partial charge in [-0.25, -0.2) is 8.78 Å². The molecule has 1 aromatic carbocycles. The van der Waals surface area contributed by atoms with E-state index in [1.165, 1.54) is 56.2 Å². The number of hydrogen-bond donors (Lipinski definition) is 0. The lowest BCUT2D eigenvalue weighted by Crippen LogP contribution is -2.25. The first kappa shape index (κ1) is 19.3. The number of halogens is 2. The van der Waals surface area contributed by atoms with E-state index < -0.39 is 11.6 Å². The van der Waals surface area contributed by atoms with Crippen LogP contribution in [-0.2, 0) is 0 Å². The summed E-state index contributed by atoms with van der Waals surface area (Å²) in [6, 6.07) is 4.46. The third-order valence-corrected chi connectivity index (χ3v) is 6.48. The minimum absolute atomic E-state index is 0.407. The molecule has 0 nitrogen and oxygen atoms in total. The summed E-state index contributed by atoms with van der Waals surface area (Å²) in [6.07, 6.45) is 16.9. The van der Waals surface area contributed by atoms with Crippen LogP contribution in [0.1, 0.15) is 76.7 Å². The Bertz CT molecular complexity index is 638.